The predicted molar refractivity (Wildman–Crippen MR) is 74.2 cm³/mol. The van der Waals surface area contributed by atoms with Crippen LogP contribution in [0.2, 0.25) is 0 Å². The first-order chi connectivity index (χ1) is 9.92. The average molecular weight is 363 g/mol. The van der Waals surface area contributed by atoms with E-state index in [1.165, 1.54) is 6.07 Å². The molecule has 0 aliphatic heterocycles. The van der Waals surface area contributed by atoms with Crippen molar-refractivity contribution in [2.24, 2.45) is 5.84 Å². The van der Waals surface area contributed by atoms with Crippen molar-refractivity contribution >= 4 is 15.9 Å². The summed E-state index contributed by atoms with van der Waals surface area (Å²) in [5.74, 6) is 2.19. The van der Waals surface area contributed by atoms with Gasteiger partial charge in [-0.1, -0.05) is 0 Å². The summed E-state index contributed by atoms with van der Waals surface area (Å²) in [5.41, 5.74) is 2.20. The molecular weight excluding hydrogens is 352 g/mol. The van der Waals surface area contributed by atoms with Crippen molar-refractivity contribution in [3.05, 3.63) is 69.2 Å². The number of hydrogen-bond acceptors (Lipinski definition) is 2. The summed E-state index contributed by atoms with van der Waals surface area (Å²) in [7, 11) is 0. The quantitative estimate of drug-likeness (QED) is 0.376. The Balaban J connectivity index is 2.39. The molecule has 0 saturated carbocycles. The molecule has 2 aromatic rings. The molecule has 1 unspecified atom stereocenters. The van der Waals surface area contributed by atoms with Gasteiger partial charge in [-0.25, -0.2) is 17.6 Å². The van der Waals surface area contributed by atoms with Crippen LogP contribution in [0.4, 0.5) is 17.6 Å². The SMILES string of the molecule is NNC(Cc1cc(F)cc(F)c1)c1c(F)ccc(Br)c1F. The van der Waals surface area contributed by atoms with Crippen LogP contribution in [0.1, 0.15) is 17.2 Å². The molecule has 2 rings (SSSR count). The van der Waals surface area contributed by atoms with Gasteiger partial charge in [-0.15, -0.1) is 0 Å². The molecule has 0 fully saturated rings. The Hall–Kier alpha value is -1.44. The van der Waals surface area contributed by atoms with Gasteiger partial charge in [0.25, 0.3) is 0 Å². The van der Waals surface area contributed by atoms with Gasteiger partial charge in [-0.05, 0) is 52.2 Å². The maximum Gasteiger partial charge on any atom is 0.145 e. The number of rotatable bonds is 4. The van der Waals surface area contributed by atoms with Gasteiger partial charge in [0.15, 0.2) is 0 Å². The second-order valence-electron chi connectivity index (χ2n) is 4.46. The van der Waals surface area contributed by atoms with Crippen molar-refractivity contribution in [1.82, 2.24) is 5.43 Å². The molecule has 0 heterocycles. The van der Waals surface area contributed by atoms with Crippen molar-refractivity contribution in [3.8, 4) is 0 Å². The van der Waals surface area contributed by atoms with Gasteiger partial charge in [0.2, 0.25) is 0 Å². The van der Waals surface area contributed by atoms with Gasteiger partial charge in [-0.3, -0.25) is 11.3 Å². The zero-order chi connectivity index (χ0) is 15.6. The molecule has 0 aliphatic rings. The van der Waals surface area contributed by atoms with Crippen LogP contribution in [0.5, 0.6) is 0 Å². The molecule has 0 bridgehead atoms. The summed E-state index contributed by atoms with van der Waals surface area (Å²) in [5, 5.41) is 0. The van der Waals surface area contributed by atoms with Gasteiger partial charge in [0.1, 0.15) is 23.3 Å². The van der Waals surface area contributed by atoms with Gasteiger partial charge < -0.3 is 0 Å². The third-order valence-corrected chi connectivity index (χ3v) is 3.60. The third-order valence-electron chi connectivity index (χ3n) is 2.99. The van der Waals surface area contributed by atoms with Gasteiger partial charge in [0, 0.05) is 11.6 Å². The summed E-state index contributed by atoms with van der Waals surface area (Å²) in [6.07, 6.45) is -0.0739. The molecule has 21 heavy (non-hydrogen) atoms. The Morgan fingerprint density at radius 2 is 1.67 bits per heavy atom. The lowest BCUT2D eigenvalue weighted by Crippen LogP contribution is -2.31. The molecule has 0 spiro atoms. The minimum Gasteiger partial charge on any atom is -0.271 e. The lowest BCUT2D eigenvalue weighted by atomic mass is 9.98. The van der Waals surface area contributed by atoms with E-state index < -0.39 is 29.3 Å². The van der Waals surface area contributed by atoms with Crippen LogP contribution in [-0.2, 0) is 6.42 Å². The molecule has 3 N–H and O–H groups in total. The van der Waals surface area contributed by atoms with Crippen LogP contribution in [0.3, 0.4) is 0 Å². The molecule has 112 valence electrons. The molecule has 0 radical (unpaired) electrons. The van der Waals surface area contributed by atoms with Crippen LogP contribution in [0.25, 0.3) is 0 Å². The van der Waals surface area contributed by atoms with E-state index in [0.29, 0.717) is 6.07 Å². The molecule has 1 atom stereocenters. The van der Waals surface area contributed by atoms with Crippen LogP contribution < -0.4 is 11.3 Å². The Bertz CT molecular complexity index is 643. The molecule has 0 amide bonds. The molecule has 2 aromatic carbocycles. The maximum absolute atomic E-state index is 14.0. The standard InChI is InChI=1S/C14H11BrF4N2/c15-10-1-2-11(18)13(14(10)19)12(21-20)5-7-3-8(16)6-9(17)4-7/h1-4,6,12,21H,5,20H2. The van der Waals surface area contributed by atoms with E-state index in [1.54, 1.807) is 0 Å². The summed E-state index contributed by atoms with van der Waals surface area (Å²) in [6.45, 7) is 0. The van der Waals surface area contributed by atoms with E-state index in [2.05, 4.69) is 21.4 Å². The van der Waals surface area contributed by atoms with Crippen LogP contribution >= 0.6 is 15.9 Å². The van der Waals surface area contributed by atoms with Crippen molar-refractivity contribution in [3.63, 3.8) is 0 Å². The Morgan fingerprint density at radius 1 is 1.05 bits per heavy atom. The maximum atomic E-state index is 14.0. The second kappa shape index (κ2) is 6.55. The fourth-order valence-electron chi connectivity index (χ4n) is 2.07. The van der Waals surface area contributed by atoms with E-state index in [4.69, 9.17) is 5.84 Å². The predicted octanol–water partition coefficient (Wildman–Crippen LogP) is 3.75. The summed E-state index contributed by atoms with van der Waals surface area (Å²) in [4.78, 5) is 0. The minimum absolute atomic E-state index is 0.0737. The normalized spacial score (nSPS) is 12.5. The first-order valence-corrected chi connectivity index (χ1v) is 6.76. The third kappa shape index (κ3) is 3.61. The summed E-state index contributed by atoms with van der Waals surface area (Å²) >= 11 is 2.96. The smallest absolute Gasteiger partial charge is 0.145 e. The zero-order valence-electron chi connectivity index (χ0n) is 10.6. The minimum atomic E-state index is -0.969. The highest BCUT2D eigenvalue weighted by molar-refractivity contribution is 9.10. The lowest BCUT2D eigenvalue weighted by Gasteiger charge is -2.18. The molecule has 2 nitrogen and oxygen atoms in total. The zero-order valence-corrected chi connectivity index (χ0v) is 12.2. The average Bonchev–Trinajstić information content (AvgIpc) is 2.41. The number of halogens is 5. The molecule has 0 saturated heterocycles. The van der Waals surface area contributed by atoms with Crippen molar-refractivity contribution in [2.45, 2.75) is 12.5 Å². The number of nitrogens with two attached hydrogens (primary N) is 1. The van der Waals surface area contributed by atoms with E-state index in [1.807, 2.05) is 0 Å². The van der Waals surface area contributed by atoms with Gasteiger partial charge >= 0.3 is 0 Å². The van der Waals surface area contributed by atoms with Crippen molar-refractivity contribution < 1.29 is 17.6 Å². The Morgan fingerprint density at radius 3 is 2.24 bits per heavy atom. The van der Waals surface area contributed by atoms with Crippen LogP contribution in [0.15, 0.2) is 34.8 Å². The first kappa shape index (κ1) is 15.9. The number of benzene rings is 2. The lowest BCUT2D eigenvalue weighted by molar-refractivity contribution is 0.469. The number of hydrazine groups is 1. The molecular formula is C14H11BrF4N2. The van der Waals surface area contributed by atoms with Crippen LogP contribution in [-0.4, -0.2) is 0 Å². The van der Waals surface area contributed by atoms with Gasteiger partial charge in [0.05, 0.1) is 10.5 Å². The highest BCUT2D eigenvalue weighted by Gasteiger charge is 2.22. The summed E-state index contributed by atoms with van der Waals surface area (Å²) in [6, 6.07) is 4.23. The first-order valence-electron chi connectivity index (χ1n) is 5.97. The molecule has 0 aliphatic carbocycles. The highest BCUT2D eigenvalue weighted by atomic mass is 79.9. The van der Waals surface area contributed by atoms with Crippen molar-refractivity contribution in [1.29, 1.82) is 0 Å². The topological polar surface area (TPSA) is 38.0 Å². The largest absolute Gasteiger partial charge is 0.271 e. The summed E-state index contributed by atoms with van der Waals surface area (Å²) < 4.78 is 54.2. The number of hydrogen-bond donors (Lipinski definition) is 2. The Labute approximate surface area is 127 Å². The van der Waals surface area contributed by atoms with E-state index in [0.717, 1.165) is 18.2 Å². The van der Waals surface area contributed by atoms with E-state index >= 15 is 0 Å². The monoisotopic (exact) mass is 362 g/mol. The van der Waals surface area contributed by atoms with E-state index in [-0.39, 0.29) is 22.0 Å². The fourth-order valence-corrected chi connectivity index (χ4v) is 2.42. The van der Waals surface area contributed by atoms with E-state index in [9.17, 15) is 17.6 Å². The highest BCUT2D eigenvalue weighted by Crippen LogP contribution is 2.28. The molecule has 0 aromatic heterocycles. The van der Waals surface area contributed by atoms with Crippen molar-refractivity contribution in [2.75, 3.05) is 0 Å². The van der Waals surface area contributed by atoms with Gasteiger partial charge in [-0.2, -0.15) is 0 Å². The molecule has 7 heteroatoms. The van der Waals surface area contributed by atoms with Crippen LogP contribution in [0, 0.1) is 23.3 Å². The number of nitrogens with one attached hydrogen (secondary N) is 1. The Kier molecular flexibility index (Phi) is 4.97. The fraction of sp³-hybridized carbons (Fsp3) is 0.143. The second-order valence-corrected chi connectivity index (χ2v) is 5.31.